The molecule has 2 nitrogen and oxygen atoms in total. The van der Waals surface area contributed by atoms with Crippen LogP contribution in [0.2, 0.25) is 10.0 Å². The van der Waals surface area contributed by atoms with Gasteiger partial charge in [0, 0.05) is 16.1 Å². The minimum Gasteiger partial charge on any atom is -0.457 e. The molecule has 3 aromatic rings. The fourth-order valence-corrected chi connectivity index (χ4v) is 2.76. The molecule has 1 heterocycles. The Labute approximate surface area is 148 Å². The first kappa shape index (κ1) is 16.3. The highest BCUT2D eigenvalue weighted by Gasteiger charge is 2.11. The van der Waals surface area contributed by atoms with Crippen molar-refractivity contribution in [2.75, 3.05) is 0 Å². The zero-order chi connectivity index (χ0) is 17.1. The average Bonchev–Trinajstić information content (AvgIpc) is 3.01. The molecular weight excluding hydrogens is 348 g/mol. The van der Waals surface area contributed by atoms with Crippen LogP contribution in [0, 0.1) is 17.1 Å². The number of allylic oxidation sites excluding steroid dienone is 1. The van der Waals surface area contributed by atoms with Crippen molar-refractivity contribution in [3.05, 3.63) is 81.8 Å². The molecule has 0 aliphatic heterocycles. The third-order valence-electron chi connectivity index (χ3n) is 3.39. The van der Waals surface area contributed by atoms with Crippen molar-refractivity contribution in [1.82, 2.24) is 0 Å². The van der Waals surface area contributed by atoms with E-state index in [4.69, 9.17) is 27.6 Å². The molecule has 2 aromatic carbocycles. The van der Waals surface area contributed by atoms with Crippen LogP contribution in [0.15, 0.2) is 59.0 Å². The molecule has 5 heteroatoms. The van der Waals surface area contributed by atoms with E-state index in [1.54, 1.807) is 48.5 Å². The van der Waals surface area contributed by atoms with Crippen LogP contribution in [0.4, 0.5) is 4.39 Å². The minimum atomic E-state index is -0.460. The Balaban J connectivity index is 1.98. The summed E-state index contributed by atoms with van der Waals surface area (Å²) >= 11 is 12.0. The Hall–Kier alpha value is -2.54. The van der Waals surface area contributed by atoms with E-state index in [-0.39, 0.29) is 11.1 Å². The number of nitriles is 1. The van der Waals surface area contributed by atoms with Gasteiger partial charge in [-0.15, -0.1) is 0 Å². The lowest BCUT2D eigenvalue weighted by molar-refractivity contribution is 0.572. The molecular formula is C19H10Cl2FNO. The fraction of sp³-hybridized carbons (Fsp3) is 0. The molecule has 0 amide bonds. The van der Waals surface area contributed by atoms with Crippen LogP contribution in [0.25, 0.3) is 23.0 Å². The molecule has 0 aliphatic rings. The molecule has 24 heavy (non-hydrogen) atoms. The van der Waals surface area contributed by atoms with E-state index >= 15 is 0 Å². The van der Waals surface area contributed by atoms with Crippen LogP contribution in [0.3, 0.4) is 0 Å². The zero-order valence-corrected chi connectivity index (χ0v) is 13.8. The highest BCUT2D eigenvalue weighted by Crippen LogP contribution is 2.32. The molecule has 0 atom stereocenters. The van der Waals surface area contributed by atoms with E-state index < -0.39 is 5.82 Å². The Morgan fingerprint density at radius 1 is 1.08 bits per heavy atom. The maximum atomic E-state index is 13.8. The SMILES string of the molecule is N#CC(=Cc1ccc(-c2ccc(Cl)cc2Cl)o1)c1ccccc1F. The Bertz CT molecular complexity index is 969. The summed E-state index contributed by atoms with van der Waals surface area (Å²) in [4.78, 5) is 0. The second kappa shape index (κ2) is 6.92. The van der Waals surface area contributed by atoms with Gasteiger partial charge in [-0.2, -0.15) is 5.26 Å². The number of nitrogens with zero attached hydrogens (tertiary/aromatic N) is 1. The van der Waals surface area contributed by atoms with Crippen LogP contribution in [0.5, 0.6) is 0 Å². The van der Waals surface area contributed by atoms with Gasteiger partial charge in [0.2, 0.25) is 0 Å². The molecule has 0 saturated carbocycles. The smallest absolute Gasteiger partial charge is 0.136 e. The zero-order valence-electron chi connectivity index (χ0n) is 12.3. The Kier molecular flexibility index (Phi) is 4.71. The van der Waals surface area contributed by atoms with Crippen molar-refractivity contribution in [3.8, 4) is 17.4 Å². The monoisotopic (exact) mass is 357 g/mol. The van der Waals surface area contributed by atoms with Gasteiger partial charge in [-0.25, -0.2) is 4.39 Å². The van der Waals surface area contributed by atoms with E-state index in [9.17, 15) is 9.65 Å². The third kappa shape index (κ3) is 3.35. The van der Waals surface area contributed by atoms with Gasteiger partial charge in [0.1, 0.15) is 17.3 Å². The highest BCUT2D eigenvalue weighted by atomic mass is 35.5. The molecule has 118 valence electrons. The molecule has 0 bridgehead atoms. The first-order valence-electron chi connectivity index (χ1n) is 7.00. The Morgan fingerprint density at radius 2 is 1.88 bits per heavy atom. The molecule has 0 saturated heterocycles. The number of hydrogen-bond donors (Lipinski definition) is 0. The number of halogens is 3. The molecule has 0 N–H and O–H groups in total. The van der Waals surface area contributed by atoms with Crippen molar-refractivity contribution in [3.63, 3.8) is 0 Å². The van der Waals surface area contributed by atoms with Crippen LogP contribution < -0.4 is 0 Å². The van der Waals surface area contributed by atoms with E-state index in [1.807, 2.05) is 6.07 Å². The van der Waals surface area contributed by atoms with Crippen molar-refractivity contribution in [2.24, 2.45) is 0 Å². The van der Waals surface area contributed by atoms with E-state index in [0.29, 0.717) is 27.1 Å². The van der Waals surface area contributed by atoms with Crippen molar-refractivity contribution >= 4 is 34.9 Å². The van der Waals surface area contributed by atoms with Crippen LogP contribution in [-0.4, -0.2) is 0 Å². The summed E-state index contributed by atoms with van der Waals surface area (Å²) < 4.78 is 19.5. The largest absolute Gasteiger partial charge is 0.457 e. The normalized spacial score (nSPS) is 11.3. The number of hydrogen-bond acceptors (Lipinski definition) is 2. The maximum absolute atomic E-state index is 13.8. The van der Waals surface area contributed by atoms with Gasteiger partial charge in [0.25, 0.3) is 0 Å². The first-order chi connectivity index (χ1) is 11.6. The molecule has 0 aliphatic carbocycles. The Morgan fingerprint density at radius 3 is 2.58 bits per heavy atom. The van der Waals surface area contributed by atoms with Crippen LogP contribution in [-0.2, 0) is 0 Å². The number of rotatable bonds is 3. The molecule has 3 rings (SSSR count). The quantitative estimate of drug-likeness (QED) is 0.504. The lowest BCUT2D eigenvalue weighted by Crippen LogP contribution is -1.86. The van der Waals surface area contributed by atoms with Gasteiger partial charge in [0.15, 0.2) is 0 Å². The summed E-state index contributed by atoms with van der Waals surface area (Å²) in [5.74, 6) is 0.502. The van der Waals surface area contributed by atoms with Crippen molar-refractivity contribution in [2.45, 2.75) is 0 Å². The highest BCUT2D eigenvalue weighted by molar-refractivity contribution is 6.36. The predicted molar refractivity (Wildman–Crippen MR) is 94.0 cm³/mol. The molecule has 0 radical (unpaired) electrons. The summed E-state index contributed by atoms with van der Waals surface area (Å²) in [7, 11) is 0. The molecule has 1 aromatic heterocycles. The average molecular weight is 358 g/mol. The van der Waals surface area contributed by atoms with Gasteiger partial charge >= 0.3 is 0 Å². The van der Waals surface area contributed by atoms with Gasteiger partial charge < -0.3 is 4.42 Å². The van der Waals surface area contributed by atoms with Crippen molar-refractivity contribution < 1.29 is 8.81 Å². The maximum Gasteiger partial charge on any atom is 0.136 e. The second-order valence-electron chi connectivity index (χ2n) is 4.98. The van der Waals surface area contributed by atoms with Crippen LogP contribution in [0.1, 0.15) is 11.3 Å². The predicted octanol–water partition coefficient (Wildman–Crippen LogP) is 6.46. The van der Waals surface area contributed by atoms with Gasteiger partial charge in [-0.3, -0.25) is 0 Å². The third-order valence-corrected chi connectivity index (χ3v) is 3.94. The topological polar surface area (TPSA) is 36.9 Å². The standard InChI is InChI=1S/C19H10Cl2FNO/c20-13-5-7-16(17(21)10-13)19-8-6-14(24-19)9-12(11-23)15-3-1-2-4-18(15)22/h1-10H. The van der Waals surface area contributed by atoms with Gasteiger partial charge in [-0.05, 0) is 42.5 Å². The molecule has 0 fully saturated rings. The summed E-state index contributed by atoms with van der Waals surface area (Å²) in [6.07, 6.45) is 1.49. The molecule has 0 spiro atoms. The summed E-state index contributed by atoms with van der Waals surface area (Å²) in [5, 5.41) is 10.3. The second-order valence-corrected chi connectivity index (χ2v) is 5.82. The van der Waals surface area contributed by atoms with E-state index in [0.717, 1.165) is 0 Å². The number of benzene rings is 2. The van der Waals surface area contributed by atoms with Crippen LogP contribution >= 0.6 is 23.2 Å². The minimum absolute atomic E-state index is 0.177. The summed E-state index contributed by atoms with van der Waals surface area (Å²) in [6, 6.07) is 16.6. The first-order valence-corrected chi connectivity index (χ1v) is 7.76. The molecule has 0 unspecified atom stereocenters. The number of furan rings is 1. The summed E-state index contributed by atoms with van der Waals surface area (Å²) in [5.41, 5.74) is 1.09. The van der Waals surface area contributed by atoms with Crippen molar-refractivity contribution in [1.29, 1.82) is 5.26 Å². The van der Waals surface area contributed by atoms with E-state index in [1.165, 1.54) is 12.1 Å². The van der Waals surface area contributed by atoms with Gasteiger partial charge in [-0.1, -0.05) is 41.4 Å². The van der Waals surface area contributed by atoms with E-state index in [2.05, 4.69) is 0 Å². The fourth-order valence-electron chi connectivity index (χ4n) is 2.26. The summed E-state index contributed by atoms with van der Waals surface area (Å²) in [6.45, 7) is 0. The lowest BCUT2D eigenvalue weighted by Gasteiger charge is -2.01. The lowest BCUT2D eigenvalue weighted by atomic mass is 10.1. The van der Waals surface area contributed by atoms with Gasteiger partial charge in [0.05, 0.1) is 16.7 Å².